The van der Waals surface area contributed by atoms with Gasteiger partial charge in [-0.1, -0.05) is 51.1 Å². The molecule has 0 aliphatic heterocycles. The zero-order chi connectivity index (χ0) is 15.7. The zero-order valence-electron chi connectivity index (χ0n) is 12.7. The standard InChI is InChI=1S/C16H20F2N2O/c1-15(2,3)16(17,18)21-11-13-10-14(20(4)19-13)12-8-6-5-7-9-12/h5-10H,11H2,1-4H3. The summed E-state index contributed by atoms with van der Waals surface area (Å²) >= 11 is 0. The molecular formula is C16H20F2N2O. The molecule has 0 aliphatic rings. The third-order valence-electron chi connectivity index (χ3n) is 3.27. The Labute approximate surface area is 123 Å². The van der Waals surface area contributed by atoms with Gasteiger partial charge in [0.25, 0.3) is 0 Å². The van der Waals surface area contributed by atoms with E-state index in [1.165, 1.54) is 20.8 Å². The van der Waals surface area contributed by atoms with Gasteiger partial charge in [-0.15, -0.1) is 0 Å². The highest BCUT2D eigenvalue weighted by molar-refractivity contribution is 5.59. The van der Waals surface area contributed by atoms with Crippen LogP contribution in [0.2, 0.25) is 0 Å². The number of aromatic nitrogens is 2. The Bertz CT molecular complexity index is 600. The van der Waals surface area contributed by atoms with E-state index in [1.54, 1.807) is 17.8 Å². The van der Waals surface area contributed by atoms with E-state index < -0.39 is 11.5 Å². The summed E-state index contributed by atoms with van der Waals surface area (Å²) in [6, 6.07) is 11.4. The minimum Gasteiger partial charge on any atom is -0.314 e. The van der Waals surface area contributed by atoms with Crippen LogP contribution in [0.4, 0.5) is 8.78 Å². The number of alkyl halides is 2. The van der Waals surface area contributed by atoms with Crippen molar-refractivity contribution in [2.75, 3.05) is 0 Å². The van der Waals surface area contributed by atoms with Gasteiger partial charge < -0.3 is 4.74 Å². The van der Waals surface area contributed by atoms with Crippen molar-refractivity contribution in [1.82, 2.24) is 9.78 Å². The molecule has 0 amide bonds. The number of nitrogens with zero attached hydrogens (tertiary/aromatic N) is 2. The number of hydrogen-bond acceptors (Lipinski definition) is 2. The quantitative estimate of drug-likeness (QED) is 0.843. The predicted octanol–water partition coefficient (Wildman–Crippen LogP) is 4.24. The van der Waals surface area contributed by atoms with E-state index >= 15 is 0 Å². The van der Waals surface area contributed by atoms with Crippen molar-refractivity contribution in [3.63, 3.8) is 0 Å². The summed E-state index contributed by atoms with van der Waals surface area (Å²) < 4.78 is 34.0. The lowest BCUT2D eigenvalue weighted by molar-refractivity contribution is -0.301. The number of rotatable bonds is 4. The SMILES string of the molecule is Cn1nc(COC(F)(F)C(C)(C)C)cc1-c1ccccc1. The van der Waals surface area contributed by atoms with Crippen LogP contribution in [0.3, 0.4) is 0 Å². The van der Waals surface area contributed by atoms with Crippen LogP contribution in [0.5, 0.6) is 0 Å². The average molecular weight is 294 g/mol. The molecule has 0 atom stereocenters. The predicted molar refractivity (Wildman–Crippen MR) is 77.8 cm³/mol. The summed E-state index contributed by atoms with van der Waals surface area (Å²) in [5.74, 6) is 0. The van der Waals surface area contributed by atoms with Crippen LogP contribution in [-0.4, -0.2) is 15.9 Å². The fourth-order valence-electron chi connectivity index (χ4n) is 1.86. The number of ether oxygens (including phenoxy) is 1. The Morgan fingerprint density at radius 1 is 1.14 bits per heavy atom. The minimum atomic E-state index is -3.20. The van der Waals surface area contributed by atoms with Crippen LogP contribution in [-0.2, 0) is 18.4 Å². The van der Waals surface area contributed by atoms with Crippen molar-refractivity contribution in [2.45, 2.75) is 33.5 Å². The lowest BCUT2D eigenvalue weighted by Crippen LogP contribution is -2.36. The number of benzene rings is 1. The maximum Gasteiger partial charge on any atom is 0.360 e. The van der Waals surface area contributed by atoms with Crippen molar-refractivity contribution >= 4 is 0 Å². The molecule has 2 rings (SSSR count). The van der Waals surface area contributed by atoms with E-state index in [0.29, 0.717) is 5.69 Å². The minimum absolute atomic E-state index is 0.217. The van der Waals surface area contributed by atoms with Crippen LogP contribution < -0.4 is 0 Å². The third-order valence-corrected chi connectivity index (χ3v) is 3.27. The average Bonchev–Trinajstić information content (AvgIpc) is 2.78. The molecule has 114 valence electrons. The van der Waals surface area contributed by atoms with Gasteiger partial charge in [0.1, 0.15) is 0 Å². The summed E-state index contributed by atoms with van der Waals surface area (Å²) in [5.41, 5.74) is 1.10. The van der Waals surface area contributed by atoms with Gasteiger partial charge in [0, 0.05) is 7.05 Å². The van der Waals surface area contributed by atoms with Crippen LogP contribution in [0.15, 0.2) is 36.4 Å². The molecule has 1 aromatic carbocycles. The Morgan fingerprint density at radius 2 is 1.76 bits per heavy atom. The number of halogens is 2. The molecule has 0 fully saturated rings. The lowest BCUT2D eigenvalue weighted by atomic mass is 9.95. The van der Waals surface area contributed by atoms with Crippen LogP contribution in [0.1, 0.15) is 26.5 Å². The lowest BCUT2D eigenvalue weighted by Gasteiger charge is -2.29. The van der Waals surface area contributed by atoms with Gasteiger partial charge in [0.05, 0.1) is 23.4 Å². The summed E-state index contributed by atoms with van der Waals surface area (Å²) in [7, 11) is 1.79. The van der Waals surface area contributed by atoms with Crippen molar-refractivity contribution in [3.05, 3.63) is 42.1 Å². The van der Waals surface area contributed by atoms with Crippen molar-refractivity contribution in [2.24, 2.45) is 12.5 Å². The Balaban J connectivity index is 2.14. The highest BCUT2D eigenvalue weighted by Gasteiger charge is 2.44. The van der Waals surface area contributed by atoms with Crippen LogP contribution in [0.25, 0.3) is 11.3 Å². The maximum atomic E-state index is 13.8. The van der Waals surface area contributed by atoms with Crippen molar-refractivity contribution < 1.29 is 13.5 Å². The second-order valence-corrected chi connectivity index (χ2v) is 6.07. The summed E-state index contributed by atoms with van der Waals surface area (Å²) in [5, 5.41) is 4.23. The van der Waals surface area contributed by atoms with E-state index in [0.717, 1.165) is 11.3 Å². The van der Waals surface area contributed by atoms with E-state index in [2.05, 4.69) is 5.10 Å². The molecule has 0 spiro atoms. The molecule has 0 bridgehead atoms. The number of hydrogen-bond donors (Lipinski definition) is 0. The highest BCUT2D eigenvalue weighted by atomic mass is 19.3. The fourth-order valence-corrected chi connectivity index (χ4v) is 1.86. The Kier molecular flexibility index (Phi) is 4.14. The normalized spacial score (nSPS) is 12.7. The molecule has 1 aromatic heterocycles. The summed E-state index contributed by atoms with van der Waals surface area (Å²) in [6.07, 6.45) is -3.20. The summed E-state index contributed by atoms with van der Waals surface area (Å²) in [6.45, 7) is 4.12. The molecule has 0 saturated heterocycles. The second kappa shape index (κ2) is 5.56. The third kappa shape index (κ3) is 3.47. The largest absolute Gasteiger partial charge is 0.360 e. The van der Waals surface area contributed by atoms with Gasteiger partial charge in [0.2, 0.25) is 0 Å². The first kappa shape index (κ1) is 15.6. The molecule has 1 heterocycles. The molecule has 0 unspecified atom stereocenters. The van der Waals surface area contributed by atoms with Gasteiger partial charge in [-0.25, -0.2) is 0 Å². The smallest absolute Gasteiger partial charge is 0.314 e. The van der Waals surface area contributed by atoms with Crippen molar-refractivity contribution in [1.29, 1.82) is 0 Å². The highest BCUT2D eigenvalue weighted by Crippen LogP contribution is 2.37. The van der Waals surface area contributed by atoms with Gasteiger partial charge in [-0.3, -0.25) is 4.68 Å². The van der Waals surface area contributed by atoms with Gasteiger partial charge >= 0.3 is 6.11 Å². The molecular weight excluding hydrogens is 274 g/mol. The van der Waals surface area contributed by atoms with Crippen molar-refractivity contribution in [3.8, 4) is 11.3 Å². The molecule has 3 nitrogen and oxygen atoms in total. The van der Waals surface area contributed by atoms with Gasteiger partial charge in [-0.05, 0) is 11.6 Å². The van der Waals surface area contributed by atoms with E-state index in [9.17, 15) is 8.78 Å². The molecule has 0 N–H and O–H groups in total. The summed E-state index contributed by atoms with van der Waals surface area (Å²) in [4.78, 5) is 0. The molecule has 5 heteroatoms. The van der Waals surface area contributed by atoms with Crippen LogP contribution >= 0.6 is 0 Å². The maximum absolute atomic E-state index is 13.8. The molecule has 0 aliphatic carbocycles. The monoisotopic (exact) mass is 294 g/mol. The Morgan fingerprint density at radius 3 is 2.33 bits per heavy atom. The molecule has 0 saturated carbocycles. The number of aryl methyl sites for hydroxylation is 1. The first-order valence-electron chi connectivity index (χ1n) is 6.81. The first-order chi connectivity index (χ1) is 9.71. The molecule has 0 radical (unpaired) electrons. The van der Waals surface area contributed by atoms with E-state index in [-0.39, 0.29) is 6.61 Å². The van der Waals surface area contributed by atoms with E-state index in [1.807, 2.05) is 30.3 Å². The van der Waals surface area contributed by atoms with Crippen LogP contribution in [0, 0.1) is 5.41 Å². The second-order valence-electron chi connectivity index (χ2n) is 6.07. The van der Waals surface area contributed by atoms with E-state index in [4.69, 9.17) is 4.74 Å². The van der Waals surface area contributed by atoms with Gasteiger partial charge in [0.15, 0.2) is 0 Å². The molecule has 2 aromatic rings. The topological polar surface area (TPSA) is 27.1 Å². The fraction of sp³-hybridized carbons (Fsp3) is 0.438. The van der Waals surface area contributed by atoms with Gasteiger partial charge in [-0.2, -0.15) is 13.9 Å². The zero-order valence-corrected chi connectivity index (χ0v) is 12.7. The molecule has 21 heavy (non-hydrogen) atoms. The Hall–Kier alpha value is -1.75. The first-order valence-corrected chi connectivity index (χ1v) is 6.81.